The Balaban J connectivity index is 1.63. The number of hydrogen-bond acceptors (Lipinski definition) is 6. The molecule has 1 saturated heterocycles. The molecule has 0 aliphatic carbocycles. The number of allylic oxidation sites excluding steroid dienone is 1. The summed E-state index contributed by atoms with van der Waals surface area (Å²) in [6.07, 6.45) is 2.90. The predicted octanol–water partition coefficient (Wildman–Crippen LogP) is 5.94. The Bertz CT molecular complexity index is 1390. The van der Waals surface area contributed by atoms with Gasteiger partial charge >= 0.3 is 0 Å². The summed E-state index contributed by atoms with van der Waals surface area (Å²) >= 11 is 17.8. The Kier molecular flexibility index (Phi) is 8.13. The van der Waals surface area contributed by atoms with Gasteiger partial charge in [0.05, 0.1) is 15.7 Å². The van der Waals surface area contributed by atoms with Crippen LogP contribution in [-0.4, -0.2) is 35.9 Å². The first kappa shape index (κ1) is 26.2. The number of anilines is 1. The minimum atomic E-state index is -0.659. The molecule has 1 fully saturated rings. The number of hydrogen-bond donors (Lipinski definition) is 1. The summed E-state index contributed by atoms with van der Waals surface area (Å²) in [6.45, 7) is 0. The van der Waals surface area contributed by atoms with Crippen LogP contribution in [0.4, 0.5) is 5.69 Å². The van der Waals surface area contributed by atoms with Crippen LogP contribution in [-0.2, 0) is 9.59 Å². The standard InChI is InChI=1S/C27H21Cl2N3O4S/c1-31(2)16-20(36-24-22(28)9-6-10-23(24)29)15-21-25(33)30-27(37)32(26(21)34)17-11-13-19(14-12-17)35-18-7-4-3-5-8-18/h3-16H,1-2H3,(H,30,33,37). The van der Waals surface area contributed by atoms with E-state index in [1.807, 2.05) is 30.3 Å². The van der Waals surface area contributed by atoms with Gasteiger partial charge in [-0.25, -0.2) is 0 Å². The number of ether oxygens (including phenoxy) is 2. The van der Waals surface area contributed by atoms with E-state index in [4.69, 9.17) is 44.9 Å². The van der Waals surface area contributed by atoms with Crippen LogP contribution < -0.4 is 19.7 Å². The van der Waals surface area contributed by atoms with Gasteiger partial charge in [-0.3, -0.25) is 19.8 Å². The molecule has 0 saturated carbocycles. The molecule has 0 unspecified atom stereocenters. The third-order valence-corrected chi connectivity index (χ3v) is 5.87. The molecule has 0 atom stereocenters. The SMILES string of the molecule is CN(C)C=C(C=C1C(=O)NC(=S)N(c2ccc(Oc3ccccc3)cc2)C1=O)Oc1c(Cl)cccc1Cl. The van der Waals surface area contributed by atoms with Crippen molar-refractivity contribution in [3.05, 3.63) is 106 Å². The quantitative estimate of drug-likeness (QED) is 0.169. The number of carbonyl (C=O) groups excluding carboxylic acids is 2. The van der Waals surface area contributed by atoms with Crippen LogP contribution in [0.15, 0.2) is 96.4 Å². The Morgan fingerprint density at radius 3 is 2.16 bits per heavy atom. The van der Waals surface area contributed by atoms with Crippen molar-refractivity contribution < 1.29 is 19.1 Å². The van der Waals surface area contributed by atoms with Gasteiger partial charge in [0.2, 0.25) is 0 Å². The van der Waals surface area contributed by atoms with E-state index in [0.29, 0.717) is 17.2 Å². The van der Waals surface area contributed by atoms with Crippen LogP contribution in [0.25, 0.3) is 0 Å². The number of nitrogens with zero attached hydrogens (tertiary/aromatic N) is 2. The summed E-state index contributed by atoms with van der Waals surface area (Å²) in [5.74, 6) is 0.332. The summed E-state index contributed by atoms with van der Waals surface area (Å²) in [5.41, 5.74) is 0.268. The fourth-order valence-corrected chi connectivity index (χ4v) is 4.12. The molecule has 7 nitrogen and oxygen atoms in total. The number of amides is 2. The van der Waals surface area contributed by atoms with Gasteiger partial charge in [0.25, 0.3) is 11.8 Å². The summed E-state index contributed by atoms with van der Waals surface area (Å²) < 4.78 is 11.7. The molecule has 37 heavy (non-hydrogen) atoms. The van der Waals surface area contributed by atoms with E-state index in [9.17, 15) is 9.59 Å². The number of halogens is 2. The molecule has 0 spiro atoms. The number of thiocarbonyl (C=S) groups is 1. The number of nitrogens with one attached hydrogen (secondary N) is 1. The highest BCUT2D eigenvalue weighted by Gasteiger charge is 2.35. The molecule has 0 aromatic heterocycles. The molecular formula is C27H21Cl2N3O4S. The molecule has 1 aliphatic rings. The van der Waals surface area contributed by atoms with Crippen molar-refractivity contribution in [3.8, 4) is 17.2 Å². The molecule has 0 bridgehead atoms. The van der Waals surface area contributed by atoms with E-state index in [2.05, 4.69) is 5.32 Å². The minimum Gasteiger partial charge on any atom is -0.457 e. The van der Waals surface area contributed by atoms with Crippen molar-refractivity contribution in [2.24, 2.45) is 0 Å². The lowest BCUT2D eigenvalue weighted by Crippen LogP contribution is -2.54. The van der Waals surface area contributed by atoms with E-state index >= 15 is 0 Å². The van der Waals surface area contributed by atoms with Crippen molar-refractivity contribution >= 4 is 58.0 Å². The zero-order chi connectivity index (χ0) is 26.5. The van der Waals surface area contributed by atoms with Gasteiger partial charge in [-0.1, -0.05) is 47.5 Å². The largest absolute Gasteiger partial charge is 0.457 e. The molecule has 4 rings (SSSR count). The first-order valence-corrected chi connectivity index (χ1v) is 12.1. The van der Waals surface area contributed by atoms with E-state index in [1.54, 1.807) is 67.7 Å². The lowest BCUT2D eigenvalue weighted by atomic mass is 10.1. The zero-order valence-corrected chi connectivity index (χ0v) is 22.1. The van der Waals surface area contributed by atoms with Crippen LogP contribution in [0.2, 0.25) is 10.0 Å². The highest BCUT2D eigenvalue weighted by molar-refractivity contribution is 7.80. The number of carbonyl (C=O) groups is 2. The second kappa shape index (κ2) is 11.5. The van der Waals surface area contributed by atoms with Crippen molar-refractivity contribution in [2.75, 3.05) is 19.0 Å². The summed E-state index contributed by atoms with van der Waals surface area (Å²) in [4.78, 5) is 29.2. The van der Waals surface area contributed by atoms with Crippen LogP contribution in [0.3, 0.4) is 0 Å². The van der Waals surface area contributed by atoms with E-state index in [-0.39, 0.29) is 32.2 Å². The average Bonchev–Trinajstić information content (AvgIpc) is 2.85. The molecular weight excluding hydrogens is 533 g/mol. The minimum absolute atomic E-state index is 0.0444. The molecule has 10 heteroatoms. The Labute approximate surface area is 229 Å². The highest BCUT2D eigenvalue weighted by Crippen LogP contribution is 2.34. The molecule has 0 radical (unpaired) electrons. The Hall–Kier alpha value is -3.85. The van der Waals surface area contributed by atoms with Gasteiger partial charge < -0.3 is 14.4 Å². The van der Waals surface area contributed by atoms with E-state index in [0.717, 1.165) is 0 Å². The topological polar surface area (TPSA) is 71.1 Å². The van der Waals surface area contributed by atoms with Crippen LogP contribution in [0.1, 0.15) is 0 Å². The number of rotatable bonds is 7. The summed E-state index contributed by atoms with van der Waals surface area (Å²) in [7, 11) is 3.53. The Morgan fingerprint density at radius 2 is 1.54 bits per heavy atom. The third-order valence-electron chi connectivity index (χ3n) is 4.99. The first-order chi connectivity index (χ1) is 17.7. The maximum atomic E-state index is 13.5. The molecule has 3 aromatic carbocycles. The van der Waals surface area contributed by atoms with Crippen LogP contribution in [0, 0.1) is 0 Å². The maximum Gasteiger partial charge on any atom is 0.270 e. The van der Waals surface area contributed by atoms with Gasteiger partial charge in [-0.2, -0.15) is 0 Å². The van der Waals surface area contributed by atoms with Crippen LogP contribution in [0.5, 0.6) is 17.2 Å². The molecule has 1 heterocycles. The number of para-hydroxylation sites is 2. The van der Waals surface area contributed by atoms with Gasteiger partial charge in [0, 0.05) is 26.4 Å². The monoisotopic (exact) mass is 553 g/mol. The summed E-state index contributed by atoms with van der Waals surface area (Å²) in [5, 5.41) is 3.06. The van der Waals surface area contributed by atoms with Crippen molar-refractivity contribution in [3.63, 3.8) is 0 Å². The molecule has 3 aromatic rings. The van der Waals surface area contributed by atoms with Crippen molar-refractivity contribution in [1.29, 1.82) is 0 Å². The molecule has 1 N–H and O–H groups in total. The van der Waals surface area contributed by atoms with Crippen LogP contribution >= 0.6 is 35.4 Å². The van der Waals surface area contributed by atoms with Crippen molar-refractivity contribution in [2.45, 2.75) is 0 Å². The lowest BCUT2D eigenvalue weighted by Gasteiger charge is -2.29. The second-order valence-electron chi connectivity index (χ2n) is 8.01. The molecule has 188 valence electrons. The normalized spacial score (nSPS) is 15.0. The highest BCUT2D eigenvalue weighted by atomic mass is 35.5. The van der Waals surface area contributed by atoms with Gasteiger partial charge in [-0.15, -0.1) is 0 Å². The fraction of sp³-hybridized carbons (Fsp3) is 0.0741. The number of benzene rings is 3. The summed E-state index contributed by atoms with van der Waals surface area (Å²) in [6, 6.07) is 21.0. The zero-order valence-electron chi connectivity index (χ0n) is 19.8. The smallest absolute Gasteiger partial charge is 0.270 e. The lowest BCUT2D eigenvalue weighted by molar-refractivity contribution is -0.122. The van der Waals surface area contributed by atoms with Gasteiger partial charge in [-0.05, 0) is 60.7 Å². The third kappa shape index (κ3) is 6.29. The van der Waals surface area contributed by atoms with Gasteiger partial charge in [0.15, 0.2) is 10.9 Å². The fourth-order valence-electron chi connectivity index (χ4n) is 3.37. The first-order valence-electron chi connectivity index (χ1n) is 11.0. The predicted molar refractivity (Wildman–Crippen MR) is 148 cm³/mol. The second-order valence-corrected chi connectivity index (χ2v) is 9.22. The van der Waals surface area contributed by atoms with E-state index in [1.165, 1.54) is 11.0 Å². The van der Waals surface area contributed by atoms with Gasteiger partial charge in [0.1, 0.15) is 22.8 Å². The van der Waals surface area contributed by atoms with E-state index < -0.39 is 11.8 Å². The van der Waals surface area contributed by atoms with Crippen molar-refractivity contribution in [1.82, 2.24) is 10.2 Å². The molecule has 1 aliphatic heterocycles. The maximum absolute atomic E-state index is 13.5. The molecule has 2 amide bonds. The Morgan fingerprint density at radius 1 is 0.919 bits per heavy atom. The average molecular weight is 554 g/mol.